The maximum absolute atomic E-state index is 12.2. The summed E-state index contributed by atoms with van der Waals surface area (Å²) in [5.74, 6) is 0.585. The van der Waals surface area contributed by atoms with E-state index in [1.807, 2.05) is 25.7 Å². The van der Waals surface area contributed by atoms with Gasteiger partial charge in [-0.25, -0.2) is 0 Å². The maximum atomic E-state index is 12.2. The van der Waals surface area contributed by atoms with Crippen LogP contribution in [0.2, 0.25) is 0 Å². The fraction of sp³-hybridized carbons (Fsp3) is 0.588. The summed E-state index contributed by atoms with van der Waals surface area (Å²) in [5, 5.41) is 6.70. The van der Waals surface area contributed by atoms with Crippen molar-refractivity contribution in [3.63, 3.8) is 0 Å². The smallest absolute Gasteiger partial charge is 0.261 e. The van der Waals surface area contributed by atoms with E-state index in [0.717, 1.165) is 5.71 Å². The molecule has 132 valence electrons. The minimum atomic E-state index is -0.364. The highest BCUT2D eigenvalue weighted by molar-refractivity contribution is 5.88. The lowest BCUT2D eigenvalue weighted by Crippen LogP contribution is -2.44. The van der Waals surface area contributed by atoms with E-state index in [0.29, 0.717) is 38.2 Å². The van der Waals surface area contributed by atoms with Crippen molar-refractivity contribution >= 4 is 17.5 Å². The largest absolute Gasteiger partial charge is 0.467 e. The first kappa shape index (κ1) is 18.0. The van der Waals surface area contributed by atoms with Gasteiger partial charge in [-0.3, -0.25) is 9.59 Å². The molecule has 0 saturated carbocycles. The number of rotatable bonds is 5. The average Bonchev–Trinajstić information content (AvgIpc) is 3.05. The molecule has 2 heterocycles. The molecule has 1 aliphatic rings. The topological polar surface area (TPSA) is 84.1 Å². The van der Waals surface area contributed by atoms with Crippen LogP contribution in [0.4, 0.5) is 0 Å². The van der Waals surface area contributed by atoms with Gasteiger partial charge in [-0.1, -0.05) is 25.9 Å². The van der Waals surface area contributed by atoms with Gasteiger partial charge in [0.25, 0.3) is 5.91 Å². The molecule has 0 radical (unpaired) electrons. The minimum Gasteiger partial charge on any atom is -0.467 e. The van der Waals surface area contributed by atoms with Gasteiger partial charge in [0, 0.05) is 31.3 Å². The average molecular weight is 335 g/mol. The number of oxime groups is 1. The lowest BCUT2D eigenvalue weighted by Gasteiger charge is -2.32. The number of hydrogen-bond donors (Lipinski definition) is 1. The fourth-order valence-corrected chi connectivity index (χ4v) is 2.37. The zero-order valence-electron chi connectivity index (χ0n) is 14.5. The summed E-state index contributed by atoms with van der Waals surface area (Å²) in [6.45, 7) is 7.24. The zero-order valence-corrected chi connectivity index (χ0v) is 14.5. The highest BCUT2D eigenvalue weighted by atomic mass is 16.6. The molecule has 7 nitrogen and oxygen atoms in total. The molecule has 1 aromatic rings. The molecular formula is C17H25N3O4. The molecular weight excluding hydrogens is 310 g/mol. The minimum absolute atomic E-state index is 0.130. The molecule has 1 N–H and O–H groups in total. The summed E-state index contributed by atoms with van der Waals surface area (Å²) in [7, 11) is 0. The number of hydrogen-bond acceptors (Lipinski definition) is 5. The van der Waals surface area contributed by atoms with Crippen molar-refractivity contribution in [2.45, 2.75) is 40.2 Å². The van der Waals surface area contributed by atoms with Crippen LogP contribution >= 0.6 is 0 Å². The van der Waals surface area contributed by atoms with Gasteiger partial charge in [-0.2, -0.15) is 0 Å². The Morgan fingerprint density at radius 3 is 2.62 bits per heavy atom. The number of carbonyl (C=O) groups excluding carboxylic acids is 2. The molecule has 0 aliphatic carbocycles. The predicted octanol–water partition coefficient (Wildman–Crippen LogP) is 1.94. The van der Waals surface area contributed by atoms with Crippen molar-refractivity contribution in [2.24, 2.45) is 10.6 Å². The van der Waals surface area contributed by atoms with Gasteiger partial charge in [0.05, 0.1) is 18.5 Å². The second-order valence-corrected chi connectivity index (χ2v) is 6.83. The highest BCUT2D eigenvalue weighted by Crippen LogP contribution is 2.20. The maximum Gasteiger partial charge on any atom is 0.261 e. The van der Waals surface area contributed by atoms with E-state index in [-0.39, 0.29) is 23.8 Å². The Hall–Kier alpha value is -2.31. The molecule has 24 heavy (non-hydrogen) atoms. The van der Waals surface area contributed by atoms with Gasteiger partial charge < -0.3 is 19.5 Å². The second kappa shape index (κ2) is 7.99. The van der Waals surface area contributed by atoms with Crippen LogP contribution in [0.1, 0.15) is 39.4 Å². The van der Waals surface area contributed by atoms with E-state index in [4.69, 9.17) is 9.25 Å². The number of carbonyl (C=O) groups is 2. The lowest BCUT2D eigenvalue weighted by atomic mass is 9.93. The summed E-state index contributed by atoms with van der Waals surface area (Å²) in [6, 6.07) is 3.55. The summed E-state index contributed by atoms with van der Waals surface area (Å²) in [5.41, 5.74) is 0.517. The van der Waals surface area contributed by atoms with Crippen molar-refractivity contribution in [2.75, 3.05) is 19.7 Å². The third-order valence-electron chi connectivity index (χ3n) is 3.70. The SMILES string of the molecule is CC(C)(C)C(=O)N1CCC(=NOCC(=O)NCc2ccco2)CC1. The number of furan rings is 1. The lowest BCUT2D eigenvalue weighted by molar-refractivity contribution is -0.139. The Morgan fingerprint density at radius 2 is 2.04 bits per heavy atom. The summed E-state index contributed by atoms with van der Waals surface area (Å²) < 4.78 is 5.12. The Labute approximate surface area is 142 Å². The number of amides is 2. The summed E-state index contributed by atoms with van der Waals surface area (Å²) >= 11 is 0. The molecule has 2 rings (SSSR count). The second-order valence-electron chi connectivity index (χ2n) is 6.83. The monoisotopic (exact) mass is 335 g/mol. The normalized spacial score (nSPS) is 15.1. The molecule has 0 spiro atoms. The number of likely N-dealkylation sites (tertiary alicyclic amines) is 1. The molecule has 7 heteroatoms. The fourth-order valence-electron chi connectivity index (χ4n) is 2.37. The van der Waals surface area contributed by atoms with Crippen molar-refractivity contribution in [3.8, 4) is 0 Å². The molecule has 0 aromatic carbocycles. The van der Waals surface area contributed by atoms with E-state index in [9.17, 15) is 9.59 Å². The quantitative estimate of drug-likeness (QED) is 0.834. The Bertz CT molecular complexity index is 577. The van der Waals surface area contributed by atoms with Crippen LogP contribution in [0.3, 0.4) is 0 Å². The molecule has 0 unspecified atom stereocenters. The third kappa shape index (κ3) is 5.40. The van der Waals surface area contributed by atoms with Crippen LogP contribution in [-0.2, 0) is 21.0 Å². The van der Waals surface area contributed by atoms with Crippen LogP contribution in [0.15, 0.2) is 28.0 Å². The Kier molecular flexibility index (Phi) is 6.00. The van der Waals surface area contributed by atoms with Crippen LogP contribution in [0.25, 0.3) is 0 Å². The molecule has 0 atom stereocenters. The molecule has 1 aromatic heterocycles. The number of nitrogens with one attached hydrogen (secondary N) is 1. The van der Waals surface area contributed by atoms with E-state index >= 15 is 0 Å². The standard InChI is InChI=1S/C17H25N3O4/c1-17(2,3)16(22)20-8-6-13(7-9-20)19-24-12-15(21)18-11-14-5-4-10-23-14/h4-5,10H,6-9,11-12H2,1-3H3,(H,18,21). The van der Waals surface area contributed by atoms with Crippen molar-refractivity contribution in [1.82, 2.24) is 10.2 Å². The van der Waals surface area contributed by atoms with Crippen molar-refractivity contribution < 1.29 is 18.8 Å². The van der Waals surface area contributed by atoms with Crippen molar-refractivity contribution in [3.05, 3.63) is 24.2 Å². The van der Waals surface area contributed by atoms with E-state index in [1.165, 1.54) is 0 Å². The van der Waals surface area contributed by atoms with E-state index < -0.39 is 0 Å². The highest BCUT2D eigenvalue weighted by Gasteiger charge is 2.29. The predicted molar refractivity (Wildman–Crippen MR) is 89.2 cm³/mol. The molecule has 1 fully saturated rings. The molecule has 1 aliphatic heterocycles. The Balaban J connectivity index is 1.67. The van der Waals surface area contributed by atoms with Crippen molar-refractivity contribution in [1.29, 1.82) is 0 Å². The van der Waals surface area contributed by atoms with Gasteiger partial charge in [-0.05, 0) is 12.1 Å². The van der Waals surface area contributed by atoms with Gasteiger partial charge >= 0.3 is 0 Å². The number of piperidine rings is 1. The first-order valence-electron chi connectivity index (χ1n) is 8.12. The summed E-state index contributed by atoms with van der Waals surface area (Å²) in [4.78, 5) is 30.8. The van der Waals surface area contributed by atoms with Crippen LogP contribution < -0.4 is 5.32 Å². The van der Waals surface area contributed by atoms with Crippen LogP contribution in [0, 0.1) is 5.41 Å². The van der Waals surface area contributed by atoms with Gasteiger partial charge in [0.1, 0.15) is 5.76 Å². The third-order valence-corrected chi connectivity index (χ3v) is 3.70. The van der Waals surface area contributed by atoms with E-state index in [2.05, 4.69) is 10.5 Å². The molecule has 1 saturated heterocycles. The van der Waals surface area contributed by atoms with Gasteiger partial charge in [-0.15, -0.1) is 0 Å². The van der Waals surface area contributed by atoms with Crippen LogP contribution in [-0.4, -0.2) is 42.1 Å². The van der Waals surface area contributed by atoms with Gasteiger partial charge in [0.15, 0.2) is 6.61 Å². The molecule has 2 amide bonds. The van der Waals surface area contributed by atoms with Crippen LogP contribution in [0.5, 0.6) is 0 Å². The van der Waals surface area contributed by atoms with Gasteiger partial charge in [0.2, 0.25) is 5.91 Å². The first-order valence-corrected chi connectivity index (χ1v) is 8.12. The van der Waals surface area contributed by atoms with E-state index in [1.54, 1.807) is 18.4 Å². The molecule has 0 bridgehead atoms. The first-order chi connectivity index (χ1) is 11.4. The number of nitrogens with zero attached hydrogens (tertiary/aromatic N) is 2. The zero-order chi connectivity index (χ0) is 17.6. The summed E-state index contributed by atoms with van der Waals surface area (Å²) in [6.07, 6.45) is 2.91. The Morgan fingerprint density at radius 1 is 1.33 bits per heavy atom.